The van der Waals surface area contributed by atoms with Gasteiger partial charge in [0.2, 0.25) is 0 Å². The Morgan fingerprint density at radius 1 is 1.50 bits per heavy atom. The number of allylic oxidation sites excluding steroid dienone is 4. The van der Waals surface area contributed by atoms with Crippen molar-refractivity contribution in [3.05, 3.63) is 36.5 Å². The van der Waals surface area contributed by atoms with Crippen LogP contribution in [0.25, 0.3) is 0 Å². The van der Waals surface area contributed by atoms with Gasteiger partial charge in [0.05, 0.1) is 0 Å². The molecular formula is C8H10. The van der Waals surface area contributed by atoms with Crippen LogP contribution in [0.15, 0.2) is 36.5 Å². The highest BCUT2D eigenvalue weighted by atomic mass is 14.1. The van der Waals surface area contributed by atoms with Gasteiger partial charge in [-0.05, 0) is 17.1 Å². The second-order valence-corrected chi connectivity index (χ2v) is 2.20. The molecule has 0 radical (unpaired) electrons. The van der Waals surface area contributed by atoms with E-state index in [0.29, 0.717) is 5.92 Å². The predicted octanol–water partition coefficient (Wildman–Crippen LogP) is 2.30. The number of hydrogen-bond donors (Lipinski definition) is 0. The van der Waals surface area contributed by atoms with Gasteiger partial charge in [-0.25, -0.2) is 0 Å². The van der Waals surface area contributed by atoms with E-state index < -0.39 is 0 Å². The lowest BCUT2D eigenvalue weighted by molar-refractivity contribution is 0.915. The molecule has 0 heterocycles. The lowest BCUT2D eigenvalue weighted by atomic mass is 10.1. The van der Waals surface area contributed by atoms with Crippen LogP contribution >= 0.6 is 0 Å². The largest absolute Gasteiger partial charge is 0.0947 e. The topological polar surface area (TPSA) is 0 Å². The third-order valence-electron chi connectivity index (χ3n) is 1.55. The first-order valence-corrected chi connectivity index (χ1v) is 2.78. The summed E-state index contributed by atoms with van der Waals surface area (Å²) in [6.07, 6.45) is 4.14. The molecule has 42 valence electrons. The van der Waals surface area contributed by atoms with Crippen molar-refractivity contribution in [1.82, 2.24) is 0 Å². The molecule has 1 rings (SSSR count). The fourth-order valence-corrected chi connectivity index (χ4v) is 0.776. The molecule has 0 N–H and O–H groups in total. The van der Waals surface area contributed by atoms with E-state index in [1.54, 1.807) is 0 Å². The van der Waals surface area contributed by atoms with Gasteiger partial charge in [-0.1, -0.05) is 32.2 Å². The zero-order chi connectivity index (χ0) is 6.15. The van der Waals surface area contributed by atoms with Crippen molar-refractivity contribution in [2.24, 2.45) is 5.92 Å². The van der Waals surface area contributed by atoms with E-state index in [2.05, 4.69) is 26.2 Å². The van der Waals surface area contributed by atoms with Gasteiger partial charge in [-0.3, -0.25) is 0 Å². The number of rotatable bonds is 0. The summed E-state index contributed by atoms with van der Waals surface area (Å²) in [5, 5.41) is 0. The van der Waals surface area contributed by atoms with E-state index >= 15 is 0 Å². The highest BCUT2D eigenvalue weighted by molar-refractivity contribution is 5.44. The molecule has 0 saturated heterocycles. The Morgan fingerprint density at radius 3 is 2.25 bits per heavy atom. The molecule has 0 heteroatoms. The molecule has 0 aromatic carbocycles. The zero-order valence-corrected chi connectivity index (χ0v) is 5.15. The third-order valence-corrected chi connectivity index (χ3v) is 1.55. The normalized spacial score (nSPS) is 27.4. The monoisotopic (exact) mass is 106 g/mol. The van der Waals surface area contributed by atoms with Crippen LogP contribution in [0.1, 0.15) is 6.92 Å². The summed E-state index contributed by atoms with van der Waals surface area (Å²) in [5.74, 6) is 0.516. The first kappa shape index (κ1) is 5.36. The molecule has 0 aromatic heterocycles. The Balaban J connectivity index is 2.85. The summed E-state index contributed by atoms with van der Waals surface area (Å²) in [5.41, 5.74) is 2.24. The molecule has 1 aliphatic rings. The highest BCUT2D eigenvalue weighted by Crippen LogP contribution is 2.25. The Morgan fingerprint density at radius 2 is 2.12 bits per heavy atom. The molecule has 1 aliphatic carbocycles. The van der Waals surface area contributed by atoms with Crippen molar-refractivity contribution < 1.29 is 0 Å². The van der Waals surface area contributed by atoms with Gasteiger partial charge < -0.3 is 0 Å². The maximum absolute atomic E-state index is 3.85. The number of hydrogen-bond acceptors (Lipinski definition) is 0. The first-order chi connectivity index (χ1) is 3.72. The third kappa shape index (κ3) is 0.623. The van der Waals surface area contributed by atoms with Gasteiger partial charge in [-0.2, -0.15) is 0 Å². The van der Waals surface area contributed by atoms with Crippen LogP contribution in [-0.2, 0) is 0 Å². The molecule has 0 aromatic rings. The Kier molecular flexibility index (Phi) is 1.09. The Hall–Kier alpha value is -0.780. The smallest absolute Gasteiger partial charge is 0.000726 e. The summed E-state index contributed by atoms with van der Waals surface area (Å²) in [7, 11) is 0. The van der Waals surface area contributed by atoms with Crippen molar-refractivity contribution in [2.45, 2.75) is 6.92 Å². The van der Waals surface area contributed by atoms with Gasteiger partial charge in [-0.15, -0.1) is 0 Å². The van der Waals surface area contributed by atoms with Gasteiger partial charge in [0.1, 0.15) is 0 Å². The Bertz CT molecular complexity index is 161. The van der Waals surface area contributed by atoms with Crippen LogP contribution < -0.4 is 0 Å². The molecule has 0 fully saturated rings. The van der Waals surface area contributed by atoms with Crippen LogP contribution in [0.2, 0.25) is 0 Å². The van der Waals surface area contributed by atoms with Crippen molar-refractivity contribution in [3.63, 3.8) is 0 Å². The molecule has 0 amide bonds. The summed E-state index contributed by atoms with van der Waals surface area (Å²) in [6.45, 7) is 9.78. The zero-order valence-electron chi connectivity index (χ0n) is 5.15. The molecule has 0 nitrogen and oxygen atoms in total. The minimum atomic E-state index is 0.516. The molecule has 1 atom stereocenters. The summed E-state index contributed by atoms with van der Waals surface area (Å²) in [6, 6.07) is 0. The minimum absolute atomic E-state index is 0.516. The van der Waals surface area contributed by atoms with E-state index in [0.717, 1.165) is 11.1 Å². The van der Waals surface area contributed by atoms with Crippen molar-refractivity contribution >= 4 is 0 Å². The second-order valence-electron chi connectivity index (χ2n) is 2.20. The molecule has 0 aliphatic heterocycles. The highest BCUT2D eigenvalue weighted by Gasteiger charge is 2.09. The van der Waals surface area contributed by atoms with Crippen molar-refractivity contribution in [2.75, 3.05) is 0 Å². The lowest BCUT2D eigenvalue weighted by Crippen LogP contribution is -1.85. The Labute approximate surface area is 50.2 Å². The van der Waals surface area contributed by atoms with Crippen LogP contribution in [0, 0.1) is 5.92 Å². The minimum Gasteiger partial charge on any atom is -0.0947 e. The average molecular weight is 106 g/mol. The fourth-order valence-electron chi connectivity index (χ4n) is 0.776. The standard InChI is InChI=1S/C8H10/c1-6-4-5-7(2)8(6)3/h4-5,7H,1,3H2,2H3/t7-/m0/s1. The SMILES string of the molecule is C=C1C=C[C@H](C)C1=C. The summed E-state index contributed by atoms with van der Waals surface area (Å²) < 4.78 is 0. The molecule has 0 spiro atoms. The molecule has 0 unspecified atom stereocenters. The van der Waals surface area contributed by atoms with Gasteiger partial charge >= 0.3 is 0 Å². The van der Waals surface area contributed by atoms with Crippen LogP contribution in [0.5, 0.6) is 0 Å². The molecular weight excluding hydrogens is 96.1 g/mol. The summed E-state index contributed by atoms with van der Waals surface area (Å²) >= 11 is 0. The van der Waals surface area contributed by atoms with Gasteiger partial charge in [0, 0.05) is 0 Å². The van der Waals surface area contributed by atoms with Crippen LogP contribution in [-0.4, -0.2) is 0 Å². The summed E-state index contributed by atoms with van der Waals surface area (Å²) in [4.78, 5) is 0. The average Bonchev–Trinajstić information content (AvgIpc) is 1.98. The predicted molar refractivity (Wildman–Crippen MR) is 36.6 cm³/mol. The van der Waals surface area contributed by atoms with E-state index in [4.69, 9.17) is 0 Å². The van der Waals surface area contributed by atoms with E-state index in [1.165, 1.54) is 0 Å². The van der Waals surface area contributed by atoms with Gasteiger partial charge in [0.25, 0.3) is 0 Å². The van der Waals surface area contributed by atoms with E-state index in [-0.39, 0.29) is 0 Å². The van der Waals surface area contributed by atoms with E-state index in [9.17, 15) is 0 Å². The maximum Gasteiger partial charge on any atom is -0.000726 e. The fraction of sp³-hybridized carbons (Fsp3) is 0.250. The lowest BCUT2D eigenvalue weighted by Gasteiger charge is -1.99. The van der Waals surface area contributed by atoms with Crippen LogP contribution in [0.3, 0.4) is 0 Å². The van der Waals surface area contributed by atoms with Crippen molar-refractivity contribution in [1.29, 1.82) is 0 Å². The van der Waals surface area contributed by atoms with Gasteiger partial charge in [0.15, 0.2) is 0 Å². The van der Waals surface area contributed by atoms with Crippen molar-refractivity contribution in [3.8, 4) is 0 Å². The molecule has 8 heavy (non-hydrogen) atoms. The molecule has 0 bridgehead atoms. The van der Waals surface area contributed by atoms with Crippen LogP contribution in [0.4, 0.5) is 0 Å². The first-order valence-electron chi connectivity index (χ1n) is 2.78. The quantitative estimate of drug-likeness (QED) is 0.444. The van der Waals surface area contributed by atoms with E-state index in [1.807, 2.05) is 6.08 Å². The maximum atomic E-state index is 3.85. The molecule has 0 saturated carbocycles. The second kappa shape index (κ2) is 1.62.